The summed E-state index contributed by atoms with van der Waals surface area (Å²) >= 11 is 5.69. The summed E-state index contributed by atoms with van der Waals surface area (Å²) in [6.07, 6.45) is 1.68. The third-order valence-electron chi connectivity index (χ3n) is 3.30. The number of ether oxygens (including phenoxy) is 2. The van der Waals surface area contributed by atoms with Crippen molar-refractivity contribution in [1.82, 2.24) is 0 Å². The summed E-state index contributed by atoms with van der Waals surface area (Å²) in [5.41, 5.74) is 1.80. The van der Waals surface area contributed by atoms with Crippen molar-refractivity contribution in [2.45, 2.75) is 6.92 Å². The maximum absolute atomic E-state index is 12.1. The van der Waals surface area contributed by atoms with Crippen LogP contribution in [0.2, 0.25) is 0 Å². The minimum absolute atomic E-state index is 0.256. The van der Waals surface area contributed by atoms with Crippen molar-refractivity contribution in [3.63, 3.8) is 0 Å². The smallest absolute Gasteiger partial charge is 0.363 e. The van der Waals surface area contributed by atoms with Crippen LogP contribution in [-0.4, -0.2) is 18.5 Å². The lowest BCUT2D eigenvalue weighted by atomic mass is 10.1. The zero-order chi connectivity index (χ0) is 17.1. The molecule has 2 aromatic carbocycles. The molecule has 1 heterocycles. The number of cyclic esters (lactones) is 1. The Kier molecular flexibility index (Phi) is 5.35. The lowest BCUT2D eigenvalue weighted by Gasteiger charge is -2.06. The van der Waals surface area contributed by atoms with E-state index in [-0.39, 0.29) is 5.70 Å². The predicted octanol–water partition coefficient (Wildman–Crippen LogP) is 4.80. The summed E-state index contributed by atoms with van der Waals surface area (Å²) < 4.78 is 12.9. The highest BCUT2D eigenvalue weighted by Crippen LogP contribution is 2.26. The molecule has 4 nitrogen and oxygen atoms in total. The van der Waals surface area contributed by atoms with E-state index < -0.39 is 5.97 Å². The van der Waals surface area contributed by atoms with Crippen LogP contribution in [0.4, 0.5) is 0 Å². The monoisotopic (exact) mass is 497 g/mol. The van der Waals surface area contributed by atoms with E-state index in [0.717, 1.165) is 19.2 Å². The number of esters is 1. The van der Waals surface area contributed by atoms with Gasteiger partial charge in [-0.1, -0.05) is 18.2 Å². The summed E-state index contributed by atoms with van der Waals surface area (Å²) in [7, 11) is 0. The Morgan fingerprint density at radius 3 is 2.83 bits per heavy atom. The maximum atomic E-state index is 12.1. The average Bonchev–Trinajstić information content (AvgIpc) is 2.93. The molecule has 24 heavy (non-hydrogen) atoms. The number of para-hydroxylation sites is 1. The first kappa shape index (κ1) is 17.2. The quantitative estimate of drug-likeness (QED) is 0.346. The number of carbonyl (C=O) groups is 1. The largest absolute Gasteiger partial charge is 0.493 e. The van der Waals surface area contributed by atoms with Crippen molar-refractivity contribution < 1.29 is 14.3 Å². The van der Waals surface area contributed by atoms with Gasteiger partial charge in [0.25, 0.3) is 0 Å². The van der Waals surface area contributed by atoms with Gasteiger partial charge in [0.2, 0.25) is 5.90 Å². The molecule has 0 radical (unpaired) electrons. The van der Waals surface area contributed by atoms with E-state index in [1.165, 1.54) is 0 Å². The molecule has 0 fully saturated rings. The van der Waals surface area contributed by atoms with E-state index in [9.17, 15) is 4.79 Å². The number of halogens is 2. The molecule has 0 saturated heterocycles. The molecular formula is C18H13BrINO3. The van der Waals surface area contributed by atoms with Gasteiger partial charge in [-0.25, -0.2) is 9.79 Å². The van der Waals surface area contributed by atoms with Crippen molar-refractivity contribution in [3.05, 3.63) is 67.3 Å². The molecule has 6 heteroatoms. The van der Waals surface area contributed by atoms with Crippen LogP contribution >= 0.6 is 38.5 Å². The summed E-state index contributed by atoms with van der Waals surface area (Å²) in [6, 6.07) is 13.2. The van der Waals surface area contributed by atoms with Crippen LogP contribution < -0.4 is 4.74 Å². The number of hydrogen-bond acceptors (Lipinski definition) is 4. The minimum Gasteiger partial charge on any atom is -0.493 e. The van der Waals surface area contributed by atoms with Gasteiger partial charge in [-0.05, 0) is 75.8 Å². The fourth-order valence-corrected chi connectivity index (χ4v) is 2.91. The maximum Gasteiger partial charge on any atom is 0.363 e. The lowest BCUT2D eigenvalue weighted by Crippen LogP contribution is -2.05. The first-order chi connectivity index (χ1) is 11.6. The molecule has 3 rings (SSSR count). The Morgan fingerprint density at radius 2 is 2.08 bits per heavy atom. The van der Waals surface area contributed by atoms with E-state index in [2.05, 4.69) is 43.5 Å². The third kappa shape index (κ3) is 3.70. The zero-order valence-corrected chi connectivity index (χ0v) is 16.5. The van der Waals surface area contributed by atoms with Crippen LogP contribution in [0.3, 0.4) is 0 Å². The van der Waals surface area contributed by atoms with E-state index in [1.54, 1.807) is 6.08 Å². The highest BCUT2D eigenvalue weighted by Gasteiger charge is 2.24. The second-order valence-corrected chi connectivity index (χ2v) is 6.95. The lowest BCUT2D eigenvalue weighted by molar-refractivity contribution is -0.129. The highest BCUT2D eigenvalue weighted by molar-refractivity contribution is 14.1. The molecule has 122 valence electrons. The fraction of sp³-hybridized carbons (Fsp3) is 0.111. The SMILES string of the molecule is CCOc1ccccc1/C=C1\N=C(c2ccc(I)c(Br)c2)OC1=O. The van der Waals surface area contributed by atoms with Gasteiger partial charge in [0, 0.05) is 19.2 Å². The van der Waals surface area contributed by atoms with Gasteiger partial charge < -0.3 is 9.47 Å². The zero-order valence-electron chi connectivity index (χ0n) is 12.8. The molecule has 2 aromatic rings. The van der Waals surface area contributed by atoms with Crippen LogP contribution in [0.25, 0.3) is 6.08 Å². The molecule has 0 atom stereocenters. The molecule has 0 spiro atoms. The molecule has 0 N–H and O–H groups in total. The first-order valence-electron chi connectivity index (χ1n) is 7.28. The van der Waals surface area contributed by atoms with Gasteiger partial charge >= 0.3 is 5.97 Å². The predicted molar refractivity (Wildman–Crippen MR) is 105 cm³/mol. The van der Waals surface area contributed by atoms with E-state index in [1.807, 2.05) is 49.4 Å². The van der Waals surface area contributed by atoms with E-state index >= 15 is 0 Å². The molecule has 0 amide bonds. The van der Waals surface area contributed by atoms with Crippen molar-refractivity contribution in [3.8, 4) is 5.75 Å². The van der Waals surface area contributed by atoms with Crippen LogP contribution in [0.15, 0.2) is 57.6 Å². The van der Waals surface area contributed by atoms with Crippen LogP contribution in [0, 0.1) is 3.57 Å². The number of aliphatic imine (C=N–C) groups is 1. The van der Waals surface area contributed by atoms with Crippen molar-refractivity contribution >= 4 is 56.5 Å². The average molecular weight is 498 g/mol. The molecule has 0 aliphatic carbocycles. The molecule has 0 saturated carbocycles. The summed E-state index contributed by atoms with van der Waals surface area (Å²) in [4.78, 5) is 16.5. The standard InChI is InChI=1S/C18H13BrINO3/c1-2-23-16-6-4-3-5-11(16)10-15-18(22)24-17(21-15)12-7-8-14(20)13(19)9-12/h3-10H,2H2,1H3/b15-10-. The molecule has 0 aromatic heterocycles. The van der Waals surface area contributed by atoms with Crippen LogP contribution in [-0.2, 0) is 9.53 Å². The second kappa shape index (κ2) is 7.48. The Bertz CT molecular complexity index is 861. The number of benzene rings is 2. The molecule has 0 unspecified atom stereocenters. The Balaban J connectivity index is 1.96. The van der Waals surface area contributed by atoms with Crippen LogP contribution in [0.5, 0.6) is 5.75 Å². The van der Waals surface area contributed by atoms with Crippen molar-refractivity contribution in [2.75, 3.05) is 6.61 Å². The minimum atomic E-state index is -0.467. The Morgan fingerprint density at radius 1 is 1.29 bits per heavy atom. The summed E-state index contributed by atoms with van der Waals surface area (Å²) in [5.74, 6) is 0.546. The van der Waals surface area contributed by atoms with Gasteiger partial charge in [0.05, 0.1) is 6.61 Å². The number of hydrogen-bond donors (Lipinski definition) is 0. The molecule has 0 bridgehead atoms. The fourth-order valence-electron chi connectivity index (χ4n) is 2.20. The van der Waals surface area contributed by atoms with Gasteiger partial charge in [-0.2, -0.15) is 0 Å². The molecule has 1 aliphatic rings. The van der Waals surface area contributed by atoms with Crippen molar-refractivity contribution in [2.24, 2.45) is 4.99 Å². The number of rotatable bonds is 4. The topological polar surface area (TPSA) is 47.9 Å². The number of nitrogens with zero attached hydrogens (tertiary/aromatic N) is 1. The van der Waals surface area contributed by atoms with Crippen molar-refractivity contribution in [1.29, 1.82) is 0 Å². The molecular weight excluding hydrogens is 485 g/mol. The Labute approximate surface area is 161 Å². The van der Waals surface area contributed by atoms with Gasteiger partial charge in [0.15, 0.2) is 5.70 Å². The molecule has 1 aliphatic heterocycles. The highest BCUT2D eigenvalue weighted by atomic mass is 127. The van der Waals surface area contributed by atoms with Gasteiger partial charge in [-0.15, -0.1) is 0 Å². The van der Waals surface area contributed by atoms with Crippen LogP contribution in [0.1, 0.15) is 18.1 Å². The third-order valence-corrected chi connectivity index (χ3v) is 5.64. The van der Waals surface area contributed by atoms with E-state index in [0.29, 0.717) is 18.3 Å². The summed E-state index contributed by atoms with van der Waals surface area (Å²) in [5, 5.41) is 0. The Hall–Kier alpha value is -1.67. The second-order valence-electron chi connectivity index (χ2n) is 4.94. The van der Waals surface area contributed by atoms with E-state index in [4.69, 9.17) is 9.47 Å². The number of carbonyl (C=O) groups excluding carboxylic acids is 1. The normalized spacial score (nSPS) is 15.4. The van der Waals surface area contributed by atoms with Gasteiger partial charge in [-0.3, -0.25) is 0 Å². The summed E-state index contributed by atoms with van der Waals surface area (Å²) in [6.45, 7) is 2.47. The van der Waals surface area contributed by atoms with Gasteiger partial charge in [0.1, 0.15) is 5.75 Å². The first-order valence-corrected chi connectivity index (χ1v) is 9.15.